The van der Waals surface area contributed by atoms with E-state index >= 15 is 0 Å². The van der Waals surface area contributed by atoms with Crippen LogP contribution >= 0.6 is 11.3 Å². The number of hydrogen-bond acceptors (Lipinski definition) is 5. The molecule has 1 aromatic heterocycles. The SMILES string of the molecule is Cc1ncc(S(=O)(=O)NCc2ccc3c(c2)CNC3)s1. The average molecular weight is 309 g/mol. The molecule has 5 nitrogen and oxygen atoms in total. The highest BCUT2D eigenvalue weighted by atomic mass is 32.2. The van der Waals surface area contributed by atoms with Crippen molar-refractivity contribution >= 4 is 21.4 Å². The zero-order chi connectivity index (χ0) is 14.2. The molecule has 7 heteroatoms. The van der Waals surface area contributed by atoms with Crippen LogP contribution in [-0.2, 0) is 29.7 Å². The summed E-state index contributed by atoms with van der Waals surface area (Å²) >= 11 is 1.18. The number of aromatic nitrogens is 1. The van der Waals surface area contributed by atoms with Gasteiger partial charge in [-0.1, -0.05) is 18.2 Å². The first-order valence-electron chi connectivity index (χ1n) is 6.28. The van der Waals surface area contributed by atoms with Gasteiger partial charge < -0.3 is 5.32 Å². The lowest BCUT2D eigenvalue weighted by atomic mass is 10.1. The molecule has 0 amide bonds. The van der Waals surface area contributed by atoms with E-state index in [2.05, 4.69) is 27.2 Å². The number of benzene rings is 1. The number of hydrogen-bond donors (Lipinski definition) is 2. The van der Waals surface area contributed by atoms with Crippen LogP contribution in [0.1, 0.15) is 21.7 Å². The van der Waals surface area contributed by atoms with E-state index in [-0.39, 0.29) is 4.21 Å². The van der Waals surface area contributed by atoms with Crippen molar-refractivity contribution in [3.63, 3.8) is 0 Å². The lowest BCUT2D eigenvalue weighted by Crippen LogP contribution is -2.22. The van der Waals surface area contributed by atoms with Crippen molar-refractivity contribution in [2.24, 2.45) is 0 Å². The fraction of sp³-hybridized carbons (Fsp3) is 0.308. The average Bonchev–Trinajstić information content (AvgIpc) is 3.04. The molecule has 0 saturated carbocycles. The molecule has 2 heterocycles. The third kappa shape index (κ3) is 2.76. The molecule has 20 heavy (non-hydrogen) atoms. The smallest absolute Gasteiger partial charge is 0.251 e. The van der Waals surface area contributed by atoms with E-state index < -0.39 is 10.0 Å². The Bertz CT molecular complexity index is 738. The fourth-order valence-electron chi connectivity index (χ4n) is 2.17. The molecule has 0 saturated heterocycles. The van der Waals surface area contributed by atoms with Gasteiger partial charge in [-0.2, -0.15) is 0 Å². The van der Waals surface area contributed by atoms with Gasteiger partial charge in [0.15, 0.2) is 4.21 Å². The largest absolute Gasteiger partial charge is 0.309 e. The molecular weight excluding hydrogens is 294 g/mol. The number of fused-ring (bicyclic) bond motifs is 1. The highest BCUT2D eigenvalue weighted by molar-refractivity contribution is 7.91. The predicted molar refractivity (Wildman–Crippen MR) is 77.9 cm³/mol. The third-order valence-electron chi connectivity index (χ3n) is 3.23. The minimum Gasteiger partial charge on any atom is -0.309 e. The molecular formula is C13H15N3O2S2. The second kappa shape index (κ2) is 5.25. The summed E-state index contributed by atoms with van der Waals surface area (Å²) in [5.74, 6) is 0. The van der Waals surface area contributed by atoms with Gasteiger partial charge in [0.1, 0.15) is 0 Å². The maximum absolute atomic E-state index is 12.1. The van der Waals surface area contributed by atoms with Gasteiger partial charge in [-0.3, -0.25) is 0 Å². The highest BCUT2D eigenvalue weighted by Crippen LogP contribution is 2.19. The zero-order valence-corrected chi connectivity index (χ0v) is 12.6. The molecule has 0 bridgehead atoms. The number of rotatable bonds is 4. The predicted octanol–water partition coefficient (Wildman–Crippen LogP) is 1.53. The standard InChI is InChI=1S/C13H15N3O2S2/c1-9-15-8-13(19-9)20(17,18)16-5-10-2-3-11-6-14-7-12(11)4-10/h2-4,8,14,16H,5-7H2,1H3. The van der Waals surface area contributed by atoms with Gasteiger partial charge in [0, 0.05) is 19.6 Å². The van der Waals surface area contributed by atoms with E-state index in [0.29, 0.717) is 6.54 Å². The van der Waals surface area contributed by atoms with Gasteiger partial charge in [-0.15, -0.1) is 11.3 Å². The van der Waals surface area contributed by atoms with Gasteiger partial charge in [0.05, 0.1) is 11.2 Å². The molecule has 1 aliphatic heterocycles. The van der Waals surface area contributed by atoms with E-state index in [1.165, 1.54) is 28.7 Å². The van der Waals surface area contributed by atoms with Crippen molar-refractivity contribution in [2.75, 3.05) is 0 Å². The van der Waals surface area contributed by atoms with Crippen molar-refractivity contribution in [3.05, 3.63) is 46.1 Å². The van der Waals surface area contributed by atoms with Gasteiger partial charge in [0.2, 0.25) is 0 Å². The minimum absolute atomic E-state index is 0.262. The lowest BCUT2D eigenvalue weighted by Gasteiger charge is -2.06. The first-order chi connectivity index (χ1) is 9.54. The van der Waals surface area contributed by atoms with Crippen LogP contribution in [0, 0.1) is 6.92 Å². The van der Waals surface area contributed by atoms with Crippen molar-refractivity contribution in [2.45, 2.75) is 30.8 Å². The summed E-state index contributed by atoms with van der Waals surface area (Å²) in [6, 6.07) is 6.07. The van der Waals surface area contributed by atoms with E-state index in [4.69, 9.17) is 0 Å². The Labute approximate surface area is 122 Å². The Morgan fingerprint density at radius 2 is 2.15 bits per heavy atom. The number of nitrogens with zero attached hydrogens (tertiary/aromatic N) is 1. The molecule has 3 rings (SSSR count). The summed E-state index contributed by atoms with van der Waals surface area (Å²) in [6.07, 6.45) is 1.40. The molecule has 106 valence electrons. The number of aryl methyl sites for hydroxylation is 1. The second-order valence-electron chi connectivity index (χ2n) is 4.73. The molecule has 0 unspecified atom stereocenters. The monoisotopic (exact) mass is 309 g/mol. The molecule has 2 N–H and O–H groups in total. The second-order valence-corrected chi connectivity index (χ2v) is 7.96. The molecule has 0 atom stereocenters. The quantitative estimate of drug-likeness (QED) is 0.898. The summed E-state index contributed by atoms with van der Waals surface area (Å²) in [4.78, 5) is 3.98. The normalized spacial score (nSPS) is 14.4. The topological polar surface area (TPSA) is 71.1 Å². The highest BCUT2D eigenvalue weighted by Gasteiger charge is 2.17. The Hall–Kier alpha value is -1.28. The Morgan fingerprint density at radius 1 is 1.35 bits per heavy atom. The fourth-order valence-corrected chi connectivity index (χ4v) is 4.34. The van der Waals surface area contributed by atoms with Gasteiger partial charge >= 0.3 is 0 Å². The Kier molecular flexibility index (Phi) is 3.59. The lowest BCUT2D eigenvalue weighted by molar-refractivity contribution is 0.583. The Balaban J connectivity index is 1.73. The first kappa shape index (κ1) is 13.7. The number of thiazole rings is 1. The van der Waals surface area contributed by atoms with Gasteiger partial charge in [-0.05, 0) is 23.6 Å². The van der Waals surface area contributed by atoms with Crippen molar-refractivity contribution < 1.29 is 8.42 Å². The molecule has 0 fully saturated rings. The van der Waals surface area contributed by atoms with Crippen LogP contribution in [0.4, 0.5) is 0 Å². The van der Waals surface area contributed by atoms with Crippen LogP contribution in [0.2, 0.25) is 0 Å². The first-order valence-corrected chi connectivity index (χ1v) is 8.58. The Morgan fingerprint density at radius 3 is 2.90 bits per heavy atom. The van der Waals surface area contributed by atoms with Crippen LogP contribution in [0.5, 0.6) is 0 Å². The number of nitrogens with one attached hydrogen (secondary N) is 2. The van der Waals surface area contributed by atoms with Crippen molar-refractivity contribution in [1.29, 1.82) is 0 Å². The summed E-state index contributed by atoms with van der Waals surface area (Å²) in [7, 11) is -3.46. The number of sulfonamides is 1. The van der Waals surface area contributed by atoms with E-state index in [9.17, 15) is 8.42 Å². The third-order valence-corrected chi connectivity index (χ3v) is 6.01. The molecule has 2 aromatic rings. The van der Waals surface area contributed by atoms with Crippen LogP contribution in [-0.4, -0.2) is 13.4 Å². The maximum Gasteiger partial charge on any atom is 0.251 e. The summed E-state index contributed by atoms with van der Waals surface area (Å²) in [6.45, 7) is 3.83. The van der Waals surface area contributed by atoms with E-state index in [1.54, 1.807) is 6.92 Å². The summed E-state index contributed by atoms with van der Waals surface area (Å²) < 4.78 is 27.1. The maximum atomic E-state index is 12.1. The van der Waals surface area contributed by atoms with Crippen molar-refractivity contribution in [3.8, 4) is 0 Å². The summed E-state index contributed by atoms with van der Waals surface area (Å²) in [5, 5.41) is 4.02. The minimum atomic E-state index is -3.46. The van der Waals surface area contributed by atoms with Gasteiger partial charge in [-0.25, -0.2) is 18.1 Å². The van der Waals surface area contributed by atoms with Crippen LogP contribution in [0.25, 0.3) is 0 Å². The van der Waals surface area contributed by atoms with Crippen LogP contribution < -0.4 is 10.0 Å². The zero-order valence-electron chi connectivity index (χ0n) is 11.0. The molecule has 0 radical (unpaired) electrons. The van der Waals surface area contributed by atoms with E-state index in [1.807, 2.05) is 6.07 Å². The van der Waals surface area contributed by atoms with Crippen LogP contribution in [0.15, 0.2) is 28.6 Å². The van der Waals surface area contributed by atoms with Gasteiger partial charge in [0.25, 0.3) is 10.0 Å². The van der Waals surface area contributed by atoms with E-state index in [0.717, 1.165) is 23.7 Å². The molecule has 1 aromatic carbocycles. The molecule has 0 spiro atoms. The van der Waals surface area contributed by atoms with Crippen molar-refractivity contribution in [1.82, 2.24) is 15.0 Å². The summed E-state index contributed by atoms with van der Waals surface area (Å²) in [5.41, 5.74) is 3.50. The molecule has 1 aliphatic rings. The van der Waals surface area contributed by atoms with Crippen LogP contribution in [0.3, 0.4) is 0 Å². The molecule has 0 aliphatic carbocycles.